The monoisotopic (exact) mass is 407 g/mol. The summed E-state index contributed by atoms with van der Waals surface area (Å²) < 4.78 is 15.2. The minimum Gasteiger partial charge on any atom is -0.321 e. The highest BCUT2D eigenvalue weighted by Gasteiger charge is 2.24. The lowest BCUT2D eigenvalue weighted by Crippen LogP contribution is -2.03. The van der Waals surface area contributed by atoms with Crippen molar-refractivity contribution in [3.8, 4) is 23.0 Å². The topological polar surface area (TPSA) is 83.6 Å². The molecular weight excluding hydrogens is 393 g/mol. The van der Waals surface area contributed by atoms with Gasteiger partial charge in [0.05, 0.1) is 23.5 Å². The fraction of sp³-hybridized carbons (Fsp3) is 0. The second-order valence-corrected chi connectivity index (χ2v) is 7.03. The van der Waals surface area contributed by atoms with Crippen molar-refractivity contribution in [1.82, 2.24) is 15.0 Å². The highest BCUT2D eigenvalue weighted by molar-refractivity contribution is 6.34. The molecule has 0 fully saturated rings. The molecule has 0 bridgehead atoms. The Morgan fingerprint density at radius 2 is 1.81 bits per heavy atom. The molecule has 0 atom stereocenters. The van der Waals surface area contributed by atoms with Gasteiger partial charge in [-0.2, -0.15) is 5.26 Å². The Kier molecular flexibility index (Phi) is 4.38. The third kappa shape index (κ3) is 3.47. The quantitative estimate of drug-likeness (QED) is 0.509. The van der Waals surface area contributed by atoms with Gasteiger partial charge in [-0.1, -0.05) is 29.5 Å². The van der Waals surface area contributed by atoms with Crippen LogP contribution in [-0.2, 0) is 4.79 Å². The summed E-state index contributed by atoms with van der Waals surface area (Å²) in [4.78, 5) is 12.3. The number of nitrogens with one attached hydrogen (secondary N) is 1. The van der Waals surface area contributed by atoms with Crippen LogP contribution in [0.15, 0.2) is 72.9 Å². The highest BCUT2D eigenvalue weighted by atomic mass is 19.1. The van der Waals surface area contributed by atoms with Crippen molar-refractivity contribution in [2.45, 2.75) is 0 Å². The number of benzene rings is 3. The van der Waals surface area contributed by atoms with Gasteiger partial charge in [0, 0.05) is 22.4 Å². The number of anilines is 1. The molecule has 2 heterocycles. The first-order chi connectivity index (χ1) is 15.1. The van der Waals surface area contributed by atoms with Gasteiger partial charge in [-0.3, -0.25) is 4.79 Å². The van der Waals surface area contributed by atoms with Gasteiger partial charge in [-0.05, 0) is 54.1 Å². The zero-order valence-electron chi connectivity index (χ0n) is 16.1. The normalized spacial score (nSPS) is 13.7. The predicted molar refractivity (Wildman–Crippen MR) is 114 cm³/mol. The van der Waals surface area contributed by atoms with E-state index >= 15 is 0 Å². The molecule has 0 saturated carbocycles. The number of carbonyl (C=O) groups excluding carboxylic acids is 1. The molecule has 1 amide bonds. The Morgan fingerprint density at radius 1 is 1.03 bits per heavy atom. The first-order valence-corrected chi connectivity index (χ1v) is 9.47. The summed E-state index contributed by atoms with van der Waals surface area (Å²) in [6.07, 6.45) is 3.54. The van der Waals surface area contributed by atoms with E-state index in [0.717, 1.165) is 16.8 Å². The molecule has 1 aliphatic heterocycles. The van der Waals surface area contributed by atoms with Crippen LogP contribution in [0.25, 0.3) is 28.6 Å². The molecule has 6 nitrogen and oxygen atoms in total. The summed E-state index contributed by atoms with van der Waals surface area (Å²) in [5, 5.41) is 20.0. The van der Waals surface area contributed by atoms with Crippen LogP contribution in [0.5, 0.6) is 0 Å². The lowest BCUT2D eigenvalue weighted by atomic mass is 10.0. The summed E-state index contributed by atoms with van der Waals surface area (Å²) in [7, 11) is 0. The molecule has 1 aliphatic rings. The van der Waals surface area contributed by atoms with E-state index in [9.17, 15) is 9.18 Å². The molecule has 0 radical (unpaired) electrons. The number of nitrogens with zero attached hydrogens (tertiary/aromatic N) is 4. The molecule has 4 aromatic rings. The van der Waals surface area contributed by atoms with Crippen LogP contribution < -0.4 is 5.32 Å². The summed E-state index contributed by atoms with van der Waals surface area (Å²) in [5.41, 5.74) is 5.33. The van der Waals surface area contributed by atoms with Gasteiger partial charge in [0.2, 0.25) is 0 Å². The first-order valence-electron chi connectivity index (χ1n) is 9.47. The van der Waals surface area contributed by atoms with Crippen molar-refractivity contribution in [3.63, 3.8) is 0 Å². The van der Waals surface area contributed by atoms with Gasteiger partial charge in [0.15, 0.2) is 0 Å². The lowest BCUT2D eigenvalue weighted by Gasteiger charge is -2.01. The van der Waals surface area contributed by atoms with Crippen molar-refractivity contribution in [3.05, 3.63) is 95.4 Å². The molecule has 0 spiro atoms. The smallest absolute Gasteiger partial charge is 0.256 e. The number of halogens is 1. The molecule has 0 aliphatic carbocycles. The number of fused-ring (bicyclic) bond motifs is 1. The van der Waals surface area contributed by atoms with E-state index in [1.807, 2.05) is 24.3 Å². The van der Waals surface area contributed by atoms with Crippen LogP contribution in [0.3, 0.4) is 0 Å². The van der Waals surface area contributed by atoms with Crippen LogP contribution >= 0.6 is 0 Å². The fourth-order valence-corrected chi connectivity index (χ4v) is 3.43. The van der Waals surface area contributed by atoms with E-state index in [-0.39, 0.29) is 11.7 Å². The fourth-order valence-electron chi connectivity index (χ4n) is 3.43. The van der Waals surface area contributed by atoms with E-state index in [0.29, 0.717) is 28.1 Å². The number of hydrogen-bond acceptors (Lipinski definition) is 4. The van der Waals surface area contributed by atoms with Crippen LogP contribution in [0.1, 0.15) is 16.7 Å². The average Bonchev–Trinajstić information content (AvgIpc) is 3.40. The molecular formula is C24H14FN5O. The van der Waals surface area contributed by atoms with Gasteiger partial charge in [0.1, 0.15) is 11.5 Å². The molecule has 148 valence electrons. The third-order valence-corrected chi connectivity index (χ3v) is 5.04. The third-order valence-electron chi connectivity index (χ3n) is 5.04. The van der Waals surface area contributed by atoms with Gasteiger partial charge in [-0.15, -0.1) is 5.10 Å². The van der Waals surface area contributed by atoms with Gasteiger partial charge in [-0.25, -0.2) is 9.07 Å². The van der Waals surface area contributed by atoms with Crippen molar-refractivity contribution in [1.29, 1.82) is 5.26 Å². The number of hydrogen-bond donors (Lipinski definition) is 1. The summed E-state index contributed by atoms with van der Waals surface area (Å²) in [5.74, 6) is -0.642. The van der Waals surface area contributed by atoms with E-state index in [2.05, 4.69) is 21.7 Å². The van der Waals surface area contributed by atoms with Gasteiger partial charge >= 0.3 is 0 Å². The lowest BCUT2D eigenvalue weighted by molar-refractivity contribution is -0.110. The molecule has 31 heavy (non-hydrogen) atoms. The predicted octanol–water partition coefficient (Wildman–Crippen LogP) is 4.44. The van der Waals surface area contributed by atoms with Crippen molar-refractivity contribution in [2.75, 3.05) is 5.32 Å². The van der Waals surface area contributed by atoms with E-state index in [1.165, 1.54) is 12.1 Å². The van der Waals surface area contributed by atoms with Gasteiger partial charge in [0.25, 0.3) is 5.91 Å². The van der Waals surface area contributed by atoms with Gasteiger partial charge < -0.3 is 5.32 Å². The van der Waals surface area contributed by atoms with Crippen molar-refractivity contribution >= 4 is 23.2 Å². The molecule has 1 N–H and O–H groups in total. The Labute approximate surface area is 176 Å². The van der Waals surface area contributed by atoms with E-state index in [1.54, 1.807) is 47.3 Å². The van der Waals surface area contributed by atoms with Crippen LogP contribution in [0.2, 0.25) is 0 Å². The van der Waals surface area contributed by atoms with Crippen LogP contribution in [0, 0.1) is 17.1 Å². The number of aromatic nitrogens is 3. The van der Waals surface area contributed by atoms with Crippen molar-refractivity contribution in [2.24, 2.45) is 0 Å². The summed E-state index contributed by atoms with van der Waals surface area (Å²) in [6, 6.07) is 20.9. The maximum absolute atomic E-state index is 13.6. The molecule has 3 aromatic carbocycles. The number of nitriles is 1. The Bertz CT molecular complexity index is 1380. The molecule has 0 unspecified atom stereocenters. The maximum atomic E-state index is 13.6. The Balaban J connectivity index is 1.41. The minimum absolute atomic E-state index is 0.255. The Morgan fingerprint density at radius 3 is 2.55 bits per heavy atom. The zero-order valence-corrected chi connectivity index (χ0v) is 16.1. The molecule has 1 aromatic heterocycles. The van der Waals surface area contributed by atoms with E-state index < -0.39 is 0 Å². The van der Waals surface area contributed by atoms with Crippen molar-refractivity contribution < 1.29 is 9.18 Å². The Hall–Kier alpha value is -4.57. The number of carbonyl (C=O) groups is 1. The SMILES string of the molecule is N#Cc1ccc(-n2cc(-c3ccc(C=C4C(=O)Nc5ccc(F)cc54)cc3)nn2)cc1. The zero-order chi connectivity index (χ0) is 21.4. The molecule has 5 rings (SSSR count). The highest BCUT2D eigenvalue weighted by Crippen LogP contribution is 2.33. The maximum Gasteiger partial charge on any atom is 0.256 e. The largest absolute Gasteiger partial charge is 0.321 e. The van der Waals surface area contributed by atoms with E-state index in [4.69, 9.17) is 5.26 Å². The molecule has 0 saturated heterocycles. The summed E-state index contributed by atoms with van der Waals surface area (Å²) >= 11 is 0. The summed E-state index contributed by atoms with van der Waals surface area (Å²) in [6.45, 7) is 0. The van der Waals surface area contributed by atoms with Crippen LogP contribution in [-0.4, -0.2) is 20.9 Å². The first kappa shape index (κ1) is 18.5. The average molecular weight is 407 g/mol. The number of rotatable bonds is 3. The van der Waals surface area contributed by atoms with Crippen LogP contribution in [0.4, 0.5) is 10.1 Å². The molecule has 7 heteroatoms. The standard InChI is InChI=1S/C24H14FN5O/c25-18-7-10-22-20(12-18)21(24(31)27-22)11-15-1-5-17(6-2-15)23-14-30(29-28-23)19-8-3-16(13-26)4-9-19/h1-12,14H,(H,27,31). The second-order valence-electron chi connectivity index (χ2n) is 7.03. The second kappa shape index (κ2) is 7.35. The minimum atomic E-state index is -0.387. The number of amides is 1.